The van der Waals surface area contributed by atoms with Gasteiger partial charge in [-0.25, -0.2) is 14.8 Å². The fourth-order valence-corrected chi connectivity index (χ4v) is 3.19. The van der Waals surface area contributed by atoms with E-state index in [0.29, 0.717) is 29.9 Å². The van der Waals surface area contributed by atoms with Crippen LogP contribution in [0, 0.1) is 5.92 Å². The number of nitrogens with zero attached hydrogens (tertiary/aromatic N) is 3. The molecule has 0 spiro atoms. The van der Waals surface area contributed by atoms with Gasteiger partial charge in [-0.3, -0.25) is 0 Å². The van der Waals surface area contributed by atoms with Gasteiger partial charge in [0.25, 0.3) is 0 Å². The van der Waals surface area contributed by atoms with E-state index in [4.69, 9.17) is 4.74 Å². The second-order valence-electron chi connectivity index (χ2n) is 5.11. The molecule has 2 unspecified atom stereocenters. The van der Waals surface area contributed by atoms with Crippen molar-refractivity contribution in [3.05, 3.63) is 18.0 Å². The summed E-state index contributed by atoms with van der Waals surface area (Å²) < 4.78 is 7.38. The van der Waals surface area contributed by atoms with Crippen molar-refractivity contribution in [2.75, 3.05) is 19.5 Å². The predicted molar refractivity (Wildman–Crippen MR) is 79.9 cm³/mol. The Hall–Kier alpha value is -1.60. The average molecular weight is 307 g/mol. The molecule has 2 aromatic rings. The fourth-order valence-electron chi connectivity index (χ4n) is 2.85. The van der Waals surface area contributed by atoms with Gasteiger partial charge in [-0.05, 0) is 18.7 Å². The molecular formula is C14H17N3O3S. The normalized spacial score (nSPS) is 22.0. The lowest BCUT2D eigenvalue weighted by molar-refractivity contribution is 0.0681. The summed E-state index contributed by atoms with van der Waals surface area (Å²) in [5, 5.41) is 10.9. The van der Waals surface area contributed by atoms with Crippen LogP contribution in [0.2, 0.25) is 0 Å². The molecule has 0 bridgehead atoms. The smallest absolute Gasteiger partial charge is 0.352 e. The minimum atomic E-state index is -0.944. The van der Waals surface area contributed by atoms with Crippen molar-refractivity contribution in [1.29, 1.82) is 0 Å². The lowest BCUT2D eigenvalue weighted by Crippen LogP contribution is -2.21. The summed E-state index contributed by atoms with van der Waals surface area (Å²) in [4.78, 5) is 20.3. The molecule has 1 N–H and O–H groups in total. The molecular weight excluding hydrogens is 290 g/mol. The summed E-state index contributed by atoms with van der Waals surface area (Å²) in [6.07, 6.45) is 4.54. The third kappa shape index (κ3) is 2.40. The molecule has 2 aromatic heterocycles. The van der Waals surface area contributed by atoms with Crippen molar-refractivity contribution in [2.45, 2.75) is 24.5 Å². The van der Waals surface area contributed by atoms with Crippen molar-refractivity contribution in [3.63, 3.8) is 0 Å². The highest BCUT2D eigenvalue weighted by atomic mass is 32.2. The van der Waals surface area contributed by atoms with E-state index in [2.05, 4.69) is 16.9 Å². The molecule has 7 heteroatoms. The van der Waals surface area contributed by atoms with Crippen LogP contribution in [-0.2, 0) is 4.74 Å². The highest BCUT2D eigenvalue weighted by Crippen LogP contribution is 2.33. The van der Waals surface area contributed by atoms with Crippen LogP contribution in [0.5, 0.6) is 0 Å². The minimum Gasteiger partial charge on any atom is -0.477 e. The fraction of sp³-hybridized carbons (Fsp3) is 0.500. The zero-order valence-corrected chi connectivity index (χ0v) is 12.8. The van der Waals surface area contributed by atoms with Crippen molar-refractivity contribution >= 4 is 28.8 Å². The van der Waals surface area contributed by atoms with E-state index in [1.165, 1.54) is 11.8 Å². The summed E-state index contributed by atoms with van der Waals surface area (Å²) >= 11 is 1.44. The predicted octanol–water partition coefficient (Wildman–Crippen LogP) is 2.45. The summed E-state index contributed by atoms with van der Waals surface area (Å²) in [6, 6.07) is 1.66. The molecule has 1 aliphatic heterocycles. The van der Waals surface area contributed by atoms with Gasteiger partial charge in [-0.15, -0.1) is 0 Å². The van der Waals surface area contributed by atoms with Crippen molar-refractivity contribution in [2.24, 2.45) is 5.92 Å². The highest BCUT2D eigenvalue weighted by molar-refractivity contribution is 7.98. The molecule has 0 aromatic carbocycles. The quantitative estimate of drug-likeness (QED) is 0.690. The van der Waals surface area contributed by atoms with Gasteiger partial charge in [0.1, 0.15) is 11.3 Å². The van der Waals surface area contributed by atoms with E-state index in [1.54, 1.807) is 12.3 Å². The monoisotopic (exact) mass is 307 g/mol. The number of hydrogen-bond donors (Lipinski definition) is 1. The van der Waals surface area contributed by atoms with Gasteiger partial charge in [0.05, 0.1) is 19.3 Å². The number of aromatic nitrogens is 3. The highest BCUT2D eigenvalue weighted by Gasteiger charge is 2.32. The molecule has 3 heterocycles. The Balaban J connectivity index is 2.21. The number of fused-ring (bicyclic) bond motifs is 1. The Morgan fingerprint density at radius 2 is 2.38 bits per heavy atom. The maximum absolute atomic E-state index is 11.6. The third-order valence-corrected chi connectivity index (χ3v) is 4.54. The van der Waals surface area contributed by atoms with Crippen LogP contribution in [0.15, 0.2) is 17.4 Å². The molecule has 0 amide bonds. The number of carboxylic acids is 1. The second-order valence-corrected chi connectivity index (χ2v) is 5.89. The average Bonchev–Trinajstić information content (AvgIpc) is 3.09. The summed E-state index contributed by atoms with van der Waals surface area (Å²) in [5.41, 5.74) is 0.937. The topological polar surface area (TPSA) is 77.2 Å². The molecule has 0 saturated carbocycles. The Morgan fingerprint density at radius 3 is 3.05 bits per heavy atom. The molecule has 2 atom stereocenters. The second kappa shape index (κ2) is 5.65. The molecule has 1 saturated heterocycles. The van der Waals surface area contributed by atoms with Crippen LogP contribution in [0.4, 0.5) is 0 Å². The van der Waals surface area contributed by atoms with Crippen LogP contribution < -0.4 is 0 Å². The number of aromatic carboxylic acids is 1. The molecule has 0 aliphatic carbocycles. The van der Waals surface area contributed by atoms with Gasteiger partial charge in [-0.2, -0.15) is 0 Å². The van der Waals surface area contributed by atoms with Crippen LogP contribution in [-0.4, -0.2) is 45.1 Å². The van der Waals surface area contributed by atoms with E-state index >= 15 is 0 Å². The molecule has 1 aliphatic rings. The van der Waals surface area contributed by atoms with Crippen molar-refractivity contribution in [3.8, 4) is 0 Å². The maximum atomic E-state index is 11.6. The SMILES string of the molecule is CCC1COCC1n1c(C(=O)O)cc2cnc(SC)nc21. The number of carbonyl (C=O) groups is 1. The maximum Gasteiger partial charge on any atom is 0.352 e. The Kier molecular flexibility index (Phi) is 3.86. The van der Waals surface area contributed by atoms with Crippen molar-refractivity contribution < 1.29 is 14.6 Å². The van der Waals surface area contributed by atoms with E-state index in [0.717, 1.165) is 11.8 Å². The first-order valence-electron chi connectivity index (χ1n) is 6.88. The third-order valence-electron chi connectivity index (χ3n) is 3.98. The summed E-state index contributed by atoms with van der Waals surface area (Å²) in [6.45, 7) is 3.29. The molecule has 21 heavy (non-hydrogen) atoms. The lowest BCUT2D eigenvalue weighted by atomic mass is 10.0. The molecule has 112 valence electrons. The Labute approximate surface area is 126 Å². The van der Waals surface area contributed by atoms with Crippen LogP contribution >= 0.6 is 11.8 Å². The molecule has 3 rings (SSSR count). The largest absolute Gasteiger partial charge is 0.477 e. The summed E-state index contributed by atoms with van der Waals surface area (Å²) in [7, 11) is 0. The number of rotatable bonds is 4. The molecule has 0 radical (unpaired) electrons. The zero-order chi connectivity index (χ0) is 15.0. The van der Waals surface area contributed by atoms with E-state index in [-0.39, 0.29) is 11.7 Å². The summed E-state index contributed by atoms with van der Waals surface area (Å²) in [5.74, 6) is -0.633. The zero-order valence-electron chi connectivity index (χ0n) is 11.9. The molecule has 1 fully saturated rings. The van der Waals surface area contributed by atoms with E-state index < -0.39 is 5.97 Å². The lowest BCUT2D eigenvalue weighted by Gasteiger charge is -2.20. The minimum absolute atomic E-state index is 0.0169. The first-order chi connectivity index (χ1) is 10.2. The first kappa shape index (κ1) is 14.3. The van der Waals surface area contributed by atoms with E-state index in [9.17, 15) is 9.90 Å². The van der Waals surface area contributed by atoms with Gasteiger partial charge in [0.2, 0.25) is 0 Å². The van der Waals surface area contributed by atoms with Gasteiger partial charge >= 0.3 is 5.97 Å². The van der Waals surface area contributed by atoms with Crippen LogP contribution in [0.25, 0.3) is 11.0 Å². The number of ether oxygens (including phenoxy) is 1. The Morgan fingerprint density at radius 1 is 1.57 bits per heavy atom. The molecule has 6 nitrogen and oxygen atoms in total. The number of hydrogen-bond acceptors (Lipinski definition) is 5. The van der Waals surface area contributed by atoms with Gasteiger partial charge < -0.3 is 14.4 Å². The van der Waals surface area contributed by atoms with E-state index in [1.807, 2.05) is 10.8 Å². The van der Waals surface area contributed by atoms with Gasteiger partial charge in [-0.1, -0.05) is 18.7 Å². The number of carboxylic acid groups (broad SMARTS) is 1. The van der Waals surface area contributed by atoms with Gasteiger partial charge in [0, 0.05) is 17.5 Å². The van der Waals surface area contributed by atoms with Crippen LogP contribution in [0.1, 0.15) is 29.9 Å². The Bertz CT molecular complexity index is 685. The standard InChI is InChI=1S/C14H17N3O3S/c1-3-8-6-20-7-11(8)17-10(13(18)19)4-9-5-15-14(21-2)16-12(9)17/h4-5,8,11H,3,6-7H2,1-2H3,(H,18,19). The first-order valence-corrected chi connectivity index (χ1v) is 8.11. The number of thioether (sulfide) groups is 1. The van der Waals surface area contributed by atoms with Crippen molar-refractivity contribution in [1.82, 2.24) is 14.5 Å². The van der Waals surface area contributed by atoms with Gasteiger partial charge in [0.15, 0.2) is 5.16 Å². The van der Waals surface area contributed by atoms with Crippen LogP contribution in [0.3, 0.4) is 0 Å².